The molecule has 0 saturated carbocycles. The fourth-order valence-electron chi connectivity index (χ4n) is 1.92. The van der Waals surface area contributed by atoms with Gasteiger partial charge >= 0.3 is 0 Å². The molecular formula is C14H16N2O2S. The van der Waals surface area contributed by atoms with Gasteiger partial charge in [-0.15, -0.1) is 11.3 Å². The highest BCUT2D eigenvalue weighted by molar-refractivity contribution is 7.11. The Hall–Kier alpha value is -1.64. The van der Waals surface area contributed by atoms with Gasteiger partial charge in [0.2, 0.25) is 0 Å². The molecule has 0 radical (unpaired) electrons. The number of nitrogens with one attached hydrogen (secondary N) is 1. The SMILES string of the molecule is Cc1ccsc1/C=C(\C#N)C(=O)NC[C@@H]1CCCO1. The van der Waals surface area contributed by atoms with Crippen LogP contribution < -0.4 is 5.32 Å². The Labute approximate surface area is 116 Å². The molecule has 5 heteroatoms. The van der Waals surface area contributed by atoms with E-state index in [0.29, 0.717) is 6.54 Å². The summed E-state index contributed by atoms with van der Waals surface area (Å²) in [6, 6.07) is 3.93. The Bertz CT molecular complexity index is 522. The Kier molecular flexibility index (Phi) is 4.72. The summed E-state index contributed by atoms with van der Waals surface area (Å²) in [7, 11) is 0. The lowest BCUT2D eigenvalue weighted by molar-refractivity contribution is -0.117. The van der Waals surface area contributed by atoms with E-state index in [1.165, 1.54) is 11.3 Å². The summed E-state index contributed by atoms with van der Waals surface area (Å²) < 4.78 is 5.43. The fourth-order valence-corrected chi connectivity index (χ4v) is 2.78. The number of hydrogen-bond donors (Lipinski definition) is 1. The number of amides is 1. The molecule has 1 atom stereocenters. The third kappa shape index (κ3) is 3.66. The summed E-state index contributed by atoms with van der Waals surface area (Å²) in [6.07, 6.45) is 3.74. The summed E-state index contributed by atoms with van der Waals surface area (Å²) in [4.78, 5) is 12.9. The van der Waals surface area contributed by atoms with Gasteiger partial charge in [0.1, 0.15) is 11.6 Å². The average molecular weight is 276 g/mol. The molecule has 1 aromatic rings. The van der Waals surface area contributed by atoms with Crippen molar-refractivity contribution in [1.82, 2.24) is 5.32 Å². The van der Waals surface area contributed by atoms with Crippen molar-refractivity contribution in [3.63, 3.8) is 0 Å². The van der Waals surface area contributed by atoms with E-state index in [2.05, 4.69) is 5.32 Å². The number of hydrogen-bond acceptors (Lipinski definition) is 4. The maximum atomic E-state index is 11.9. The number of ether oxygens (including phenoxy) is 1. The van der Waals surface area contributed by atoms with E-state index in [9.17, 15) is 4.79 Å². The van der Waals surface area contributed by atoms with Gasteiger partial charge in [0.25, 0.3) is 5.91 Å². The second kappa shape index (κ2) is 6.50. The first-order chi connectivity index (χ1) is 9.20. The predicted molar refractivity (Wildman–Crippen MR) is 74.6 cm³/mol. The fraction of sp³-hybridized carbons (Fsp3) is 0.429. The number of carbonyl (C=O) groups excluding carboxylic acids is 1. The minimum Gasteiger partial charge on any atom is -0.376 e. The summed E-state index contributed by atoms with van der Waals surface area (Å²) in [6.45, 7) is 3.19. The zero-order chi connectivity index (χ0) is 13.7. The first kappa shape index (κ1) is 13.8. The summed E-state index contributed by atoms with van der Waals surface area (Å²) in [5, 5.41) is 13.8. The molecule has 100 valence electrons. The molecule has 1 amide bonds. The van der Waals surface area contributed by atoms with Crippen molar-refractivity contribution in [2.24, 2.45) is 0 Å². The normalized spacial score (nSPS) is 19.2. The standard InChI is InChI=1S/C14H16N2O2S/c1-10-4-6-19-13(10)7-11(8-15)14(17)16-9-12-3-2-5-18-12/h4,6-7,12H,2-3,5,9H2,1H3,(H,16,17)/b11-7+/t12-/m0/s1. The molecule has 1 aliphatic heterocycles. The van der Waals surface area contributed by atoms with E-state index in [1.54, 1.807) is 6.08 Å². The van der Waals surface area contributed by atoms with Gasteiger partial charge in [-0.05, 0) is 42.9 Å². The van der Waals surface area contributed by atoms with Crippen LogP contribution in [0.2, 0.25) is 0 Å². The molecular weight excluding hydrogens is 260 g/mol. The predicted octanol–water partition coefficient (Wildman–Crippen LogP) is 2.26. The second-order valence-corrected chi connectivity index (χ2v) is 5.43. The largest absolute Gasteiger partial charge is 0.376 e. The molecule has 1 aliphatic rings. The van der Waals surface area contributed by atoms with Gasteiger partial charge < -0.3 is 10.1 Å². The Morgan fingerprint density at radius 1 is 1.74 bits per heavy atom. The van der Waals surface area contributed by atoms with E-state index in [4.69, 9.17) is 10.00 Å². The van der Waals surface area contributed by atoms with Crippen molar-refractivity contribution in [1.29, 1.82) is 5.26 Å². The van der Waals surface area contributed by atoms with Crippen molar-refractivity contribution in [2.75, 3.05) is 13.2 Å². The van der Waals surface area contributed by atoms with Crippen LogP contribution in [0.5, 0.6) is 0 Å². The number of aryl methyl sites for hydroxylation is 1. The Morgan fingerprint density at radius 3 is 3.16 bits per heavy atom. The Morgan fingerprint density at radius 2 is 2.58 bits per heavy atom. The van der Waals surface area contributed by atoms with Crippen LogP contribution in [0.3, 0.4) is 0 Å². The van der Waals surface area contributed by atoms with E-state index in [-0.39, 0.29) is 17.6 Å². The van der Waals surface area contributed by atoms with Crippen molar-refractivity contribution >= 4 is 23.3 Å². The van der Waals surface area contributed by atoms with Gasteiger partial charge in [0.05, 0.1) is 6.10 Å². The second-order valence-electron chi connectivity index (χ2n) is 4.48. The first-order valence-electron chi connectivity index (χ1n) is 6.26. The van der Waals surface area contributed by atoms with Crippen molar-refractivity contribution < 1.29 is 9.53 Å². The molecule has 2 rings (SSSR count). The highest BCUT2D eigenvalue weighted by atomic mass is 32.1. The molecule has 0 aromatic carbocycles. The minimum atomic E-state index is -0.328. The monoisotopic (exact) mass is 276 g/mol. The van der Waals surface area contributed by atoms with Crippen LogP contribution in [0, 0.1) is 18.3 Å². The van der Waals surface area contributed by atoms with Crippen molar-refractivity contribution in [3.05, 3.63) is 27.5 Å². The van der Waals surface area contributed by atoms with Crippen LogP contribution in [0.4, 0.5) is 0 Å². The molecule has 0 spiro atoms. The van der Waals surface area contributed by atoms with Gasteiger partial charge in [-0.2, -0.15) is 5.26 Å². The maximum absolute atomic E-state index is 11.9. The van der Waals surface area contributed by atoms with Crippen LogP contribution in [0.15, 0.2) is 17.0 Å². The lowest BCUT2D eigenvalue weighted by atomic mass is 10.2. The number of rotatable bonds is 4. The molecule has 0 unspecified atom stereocenters. The van der Waals surface area contributed by atoms with E-state index < -0.39 is 0 Å². The smallest absolute Gasteiger partial charge is 0.262 e. The zero-order valence-corrected chi connectivity index (χ0v) is 11.6. The average Bonchev–Trinajstić information content (AvgIpc) is 3.05. The number of carbonyl (C=O) groups is 1. The highest BCUT2D eigenvalue weighted by Gasteiger charge is 2.17. The van der Waals surface area contributed by atoms with E-state index >= 15 is 0 Å². The van der Waals surface area contributed by atoms with Gasteiger partial charge in [-0.25, -0.2) is 0 Å². The highest BCUT2D eigenvalue weighted by Crippen LogP contribution is 2.19. The van der Waals surface area contributed by atoms with Crippen LogP contribution >= 0.6 is 11.3 Å². The lowest BCUT2D eigenvalue weighted by Gasteiger charge is -2.10. The number of nitriles is 1. The van der Waals surface area contributed by atoms with E-state index in [1.807, 2.05) is 24.4 Å². The number of thiophene rings is 1. The molecule has 19 heavy (non-hydrogen) atoms. The summed E-state index contributed by atoms with van der Waals surface area (Å²) in [5.74, 6) is -0.328. The maximum Gasteiger partial charge on any atom is 0.262 e. The molecule has 1 fully saturated rings. The van der Waals surface area contributed by atoms with Crippen molar-refractivity contribution in [2.45, 2.75) is 25.9 Å². The van der Waals surface area contributed by atoms with Crippen LogP contribution in [0.1, 0.15) is 23.3 Å². The zero-order valence-electron chi connectivity index (χ0n) is 10.8. The van der Waals surface area contributed by atoms with Gasteiger partial charge in [0.15, 0.2) is 0 Å². The molecule has 1 aromatic heterocycles. The molecule has 4 nitrogen and oxygen atoms in total. The number of nitrogens with zero attached hydrogens (tertiary/aromatic N) is 1. The molecule has 1 saturated heterocycles. The third-order valence-electron chi connectivity index (χ3n) is 3.06. The molecule has 2 heterocycles. The summed E-state index contributed by atoms with van der Waals surface area (Å²) in [5.41, 5.74) is 1.22. The molecule has 0 bridgehead atoms. The topological polar surface area (TPSA) is 62.1 Å². The quantitative estimate of drug-likeness (QED) is 0.677. The van der Waals surface area contributed by atoms with Crippen LogP contribution in [-0.2, 0) is 9.53 Å². The van der Waals surface area contributed by atoms with Gasteiger partial charge in [0, 0.05) is 18.0 Å². The van der Waals surface area contributed by atoms with Crippen molar-refractivity contribution in [3.8, 4) is 6.07 Å². The Balaban J connectivity index is 1.97. The first-order valence-corrected chi connectivity index (χ1v) is 7.14. The molecule has 1 N–H and O–H groups in total. The van der Waals surface area contributed by atoms with E-state index in [0.717, 1.165) is 29.9 Å². The minimum absolute atomic E-state index is 0.0902. The molecule has 0 aliphatic carbocycles. The third-order valence-corrected chi connectivity index (χ3v) is 4.02. The summed E-state index contributed by atoms with van der Waals surface area (Å²) >= 11 is 1.52. The van der Waals surface area contributed by atoms with Crippen LogP contribution in [-0.4, -0.2) is 25.2 Å². The van der Waals surface area contributed by atoms with Gasteiger partial charge in [-0.3, -0.25) is 4.79 Å². The van der Waals surface area contributed by atoms with Gasteiger partial charge in [-0.1, -0.05) is 0 Å². The lowest BCUT2D eigenvalue weighted by Crippen LogP contribution is -2.32. The van der Waals surface area contributed by atoms with Crippen LogP contribution in [0.25, 0.3) is 6.08 Å².